The van der Waals surface area contributed by atoms with Crippen LogP contribution in [0.15, 0.2) is 36.7 Å². The predicted octanol–water partition coefficient (Wildman–Crippen LogP) is 3.26. The lowest BCUT2D eigenvalue weighted by Crippen LogP contribution is -2.33. The summed E-state index contributed by atoms with van der Waals surface area (Å²) in [7, 11) is 0. The summed E-state index contributed by atoms with van der Waals surface area (Å²) in [5, 5.41) is 3.42. The van der Waals surface area contributed by atoms with Crippen LogP contribution in [0.4, 0.5) is 0 Å². The van der Waals surface area contributed by atoms with Crippen LogP contribution in [0.2, 0.25) is 0 Å². The van der Waals surface area contributed by atoms with Crippen LogP contribution in [-0.4, -0.2) is 47.9 Å². The Bertz CT molecular complexity index is 995. The Morgan fingerprint density at radius 1 is 1.07 bits per heavy atom. The molecule has 152 valence electrons. The SMILES string of the molecule is Cl.c1cnc2c(OC[C@H]3CCCNC3)nc(-c3ccc4c(c3)OCCO4)cc2n1. The van der Waals surface area contributed by atoms with E-state index in [0.717, 1.165) is 41.4 Å². The van der Waals surface area contributed by atoms with Crippen molar-refractivity contribution in [2.75, 3.05) is 32.9 Å². The molecule has 1 atom stereocenters. The summed E-state index contributed by atoms with van der Waals surface area (Å²) in [4.78, 5) is 13.7. The van der Waals surface area contributed by atoms with Crippen LogP contribution in [0.5, 0.6) is 17.4 Å². The highest BCUT2D eigenvalue weighted by molar-refractivity contribution is 5.85. The zero-order valence-electron chi connectivity index (χ0n) is 16.0. The molecule has 2 aliphatic rings. The molecular weight excluding hydrogens is 392 g/mol. The highest BCUT2D eigenvalue weighted by atomic mass is 35.5. The summed E-state index contributed by atoms with van der Waals surface area (Å²) in [5.41, 5.74) is 3.16. The number of piperidine rings is 1. The maximum atomic E-state index is 6.12. The number of hydrogen-bond acceptors (Lipinski definition) is 7. The maximum Gasteiger partial charge on any atom is 0.242 e. The third-order valence-electron chi connectivity index (χ3n) is 5.12. The summed E-state index contributed by atoms with van der Waals surface area (Å²) in [5.74, 6) is 2.51. The van der Waals surface area contributed by atoms with E-state index in [1.165, 1.54) is 12.8 Å². The number of nitrogens with one attached hydrogen (secondary N) is 1. The van der Waals surface area contributed by atoms with E-state index in [1.807, 2.05) is 24.3 Å². The molecule has 0 unspecified atom stereocenters. The van der Waals surface area contributed by atoms with Gasteiger partial charge in [-0.25, -0.2) is 9.97 Å². The van der Waals surface area contributed by atoms with Gasteiger partial charge in [-0.05, 0) is 43.7 Å². The molecular formula is C21H23ClN4O3. The first-order chi connectivity index (χ1) is 13.9. The minimum Gasteiger partial charge on any atom is -0.486 e. The van der Waals surface area contributed by atoms with E-state index in [2.05, 4.69) is 15.3 Å². The molecule has 2 aliphatic heterocycles. The van der Waals surface area contributed by atoms with Crippen molar-refractivity contribution in [1.29, 1.82) is 0 Å². The minimum atomic E-state index is 0. The van der Waals surface area contributed by atoms with Crippen molar-refractivity contribution in [2.45, 2.75) is 12.8 Å². The third-order valence-corrected chi connectivity index (χ3v) is 5.12. The number of hydrogen-bond donors (Lipinski definition) is 1. The fraction of sp³-hybridized carbons (Fsp3) is 0.381. The Hall–Kier alpha value is -2.64. The van der Waals surface area contributed by atoms with Gasteiger partial charge in [0.1, 0.15) is 13.2 Å². The number of benzene rings is 1. The van der Waals surface area contributed by atoms with Crippen LogP contribution in [0.1, 0.15) is 12.8 Å². The third kappa shape index (κ3) is 4.21. The summed E-state index contributed by atoms with van der Waals surface area (Å²) >= 11 is 0. The highest BCUT2D eigenvalue weighted by Crippen LogP contribution is 2.35. The molecule has 8 heteroatoms. The average Bonchev–Trinajstić information content (AvgIpc) is 2.77. The van der Waals surface area contributed by atoms with E-state index >= 15 is 0 Å². The summed E-state index contributed by atoms with van der Waals surface area (Å²) in [6, 6.07) is 7.78. The standard InChI is InChI=1S/C21H22N4O3.ClH/c1-2-14(12-22-5-1)13-28-21-20-17(23-6-7-24-20)11-16(25-21)15-3-4-18-19(10-15)27-9-8-26-18;/h3-4,6-7,10-11,14,22H,1-2,5,8-9,12-13H2;1H/t14-;/m0./s1. The normalized spacial score (nSPS) is 18.1. The molecule has 7 nitrogen and oxygen atoms in total. The summed E-state index contributed by atoms with van der Waals surface area (Å²) in [6.07, 6.45) is 5.70. The molecule has 3 aromatic rings. The van der Waals surface area contributed by atoms with Gasteiger partial charge in [0.25, 0.3) is 0 Å². The molecule has 0 aliphatic carbocycles. The molecule has 0 saturated carbocycles. The van der Waals surface area contributed by atoms with Gasteiger partial charge in [-0.15, -0.1) is 12.4 Å². The van der Waals surface area contributed by atoms with E-state index in [9.17, 15) is 0 Å². The Kier molecular flexibility index (Phi) is 5.97. The first kappa shape index (κ1) is 19.7. The van der Waals surface area contributed by atoms with Gasteiger partial charge >= 0.3 is 0 Å². The molecule has 1 saturated heterocycles. The van der Waals surface area contributed by atoms with Gasteiger partial charge in [-0.1, -0.05) is 0 Å². The van der Waals surface area contributed by atoms with E-state index in [4.69, 9.17) is 19.2 Å². The van der Waals surface area contributed by atoms with Crippen LogP contribution < -0.4 is 19.5 Å². The second-order valence-electron chi connectivity index (χ2n) is 7.12. The highest BCUT2D eigenvalue weighted by Gasteiger charge is 2.18. The minimum absolute atomic E-state index is 0. The Morgan fingerprint density at radius 2 is 1.93 bits per heavy atom. The predicted molar refractivity (Wildman–Crippen MR) is 112 cm³/mol. The van der Waals surface area contributed by atoms with Gasteiger partial charge in [0.15, 0.2) is 17.0 Å². The molecule has 5 rings (SSSR count). The Balaban J connectivity index is 0.00000205. The number of ether oxygens (including phenoxy) is 3. The lowest BCUT2D eigenvalue weighted by atomic mass is 10.0. The van der Waals surface area contributed by atoms with Crippen molar-refractivity contribution in [3.8, 4) is 28.6 Å². The van der Waals surface area contributed by atoms with E-state index in [0.29, 0.717) is 37.1 Å². The quantitative estimate of drug-likeness (QED) is 0.701. The first-order valence-corrected chi connectivity index (χ1v) is 9.72. The second-order valence-corrected chi connectivity index (χ2v) is 7.12. The number of nitrogens with zero attached hydrogens (tertiary/aromatic N) is 3. The van der Waals surface area contributed by atoms with Gasteiger partial charge in [-0.2, -0.15) is 0 Å². The number of fused-ring (bicyclic) bond motifs is 2. The molecule has 2 aromatic heterocycles. The molecule has 0 radical (unpaired) electrons. The number of rotatable bonds is 4. The van der Waals surface area contributed by atoms with Gasteiger partial charge in [0.2, 0.25) is 5.88 Å². The van der Waals surface area contributed by atoms with Crippen LogP contribution in [0.3, 0.4) is 0 Å². The molecule has 1 fully saturated rings. The number of pyridine rings is 1. The maximum absolute atomic E-state index is 6.12. The molecule has 0 spiro atoms. The van der Waals surface area contributed by atoms with Crippen LogP contribution in [0, 0.1) is 5.92 Å². The number of halogens is 1. The van der Waals surface area contributed by atoms with Crippen molar-refractivity contribution >= 4 is 23.4 Å². The largest absolute Gasteiger partial charge is 0.486 e. The summed E-state index contributed by atoms with van der Waals surface area (Å²) < 4.78 is 17.5. The van der Waals surface area contributed by atoms with E-state index < -0.39 is 0 Å². The second kappa shape index (κ2) is 8.80. The van der Waals surface area contributed by atoms with Crippen molar-refractivity contribution in [1.82, 2.24) is 20.3 Å². The smallest absolute Gasteiger partial charge is 0.242 e. The Labute approximate surface area is 175 Å². The topological polar surface area (TPSA) is 78.4 Å². The molecule has 1 aromatic carbocycles. The monoisotopic (exact) mass is 414 g/mol. The van der Waals surface area contributed by atoms with Crippen molar-refractivity contribution < 1.29 is 14.2 Å². The zero-order valence-corrected chi connectivity index (χ0v) is 16.8. The van der Waals surface area contributed by atoms with Gasteiger partial charge in [0.05, 0.1) is 17.8 Å². The lowest BCUT2D eigenvalue weighted by molar-refractivity contribution is 0.171. The average molecular weight is 415 g/mol. The van der Waals surface area contributed by atoms with Crippen molar-refractivity contribution in [3.05, 3.63) is 36.7 Å². The van der Waals surface area contributed by atoms with Gasteiger partial charge in [-0.3, -0.25) is 4.98 Å². The summed E-state index contributed by atoms with van der Waals surface area (Å²) in [6.45, 7) is 3.81. The molecule has 1 N–H and O–H groups in total. The van der Waals surface area contributed by atoms with Crippen molar-refractivity contribution in [2.24, 2.45) is 5.92 Å². The Morgan fingerprint density at radius 3 is 2.79 bits per heavy atom. The first-order valence-electron chi connectivity index (χ1n) is 9.72. The van der Waals surface area contributed by atoms with Crippen LogP contribution >= 0.6 is 12.4 Å². The van der Waals surface area contributed by atoms with Crippen LogP contribution in [-0.2, 0) is 0 Å². The molecule has 29 heavy (non-hydrogen) atoms. The van der Waals surface area contributed by atoms with E-state index in [-0.39, 0.29) is 12.4 Å². The van der Waals surface area contributed by atoms with Gasteiger partial charge < -0.3 is 19.5 Å². The van der Waals surface area contributed by atoms with Gasteiger partial charge in [0, 0.05) is 30.4 Å². The lowest BCUT2D eigenvalue weighted by Gasteiger charge is -2.22. The molecule has 0 bridgehead atoms. The van der Waals surface area contributed by atoms with Crippen molar-refractivity contribution in [3.63, 3.8) is 0 Å². The fourth-order valence-electron chi connectivity index (χ4n) is 3.66. The molecule has 4 heterocycles. The number of aromatic nitrogens is 3. The molecule has 0 amide bonds. The zero-order chi connectivity index (χ0) is 18.8. The van der Waals surface area contributed by atoms with Crippen LogP contribution in [0.25, 0.3) is 22.3 Å². The van der Waals surface area contributed by atoms with E-state index in [1.54, 1.807) is 12.4 Å². The fourth-order valence-corrected chi connectivity index (χ4v) is 3.66.